The van der Waals surface area contributed by atoms with Gasteiger partial charge in [0.05, 0.1) is 12.3 Å². The van der Waals surface area contributed by atoms with Gasteiger partial charge in [0.15, 0.2) is 0 Å². The van der Waals surface area contributed by atoms with E-state index in [2.05, 4.69) is 0 Å². The van der Waals surface area contributed by atoms with Gasteiger partial charge in [-0.05, 0) is 19.3 Å². The molecule has 4 heteroatoms. The van der Waals surface area contributed by atoms with E-state index in [-0.39, 0.29) is 29.8 Å². The highest BCUT2D eigenvalue weighted by molar-refractivity contribution is 6.08. The van der Waals surface area contributed by atoms with Crippen molar-refractivity contribution in [3.8, 4) is 0 Å². The summed E-state index contributed by atoms with van der Waals surface area (Å²) in [6, 6.07) is 0. The number of carbonyl (C=O) groups is 3. The largest absolute Gasteiger partial charge is 0.481 e. The average Bonchev–Trinajstić information content (AvgIpc) is 2.42. The maximum absolute atomic E-state index is 11.4. The van der Waals surface area contributed by atoms with Gasteiger partial charge in [-0.1, -0.05) is 0 Å². The Morgan fingerprint density at radius 3 is 2.43 bits per heavy atom. The Morgan fingerprint density at radius 2 is 1.79 bits per heavy atom. The summed E-state index contributed by atoms with van der Waals surface area (Å²) in [7, 11) is 0. The lowest BCUT2D eigenvalue weighted by atomic mass is 9.75. The zero-order valence-electron chi connectivity index (χ0n) is 7.73. The van der Waals surface area contributed by atoms with Gasteiger partial charge in [-0.15, -0.1) is 0 Å². The van der Waals surface area contributed by atoms with Gasteiger partial charge in [0, 0.05) is 11.8 Å². The van der Waals surface area contributed by atoms with Crippen LogP contribution in [0.4, 0.5) is 0 Å². The van der Waals surface area contributed by atoms with E-state index in [1.165, 1.54) is 0 Å². The highest BCUT2D eigenvalue weighted by Crippen LogP contribution is 2.40. The van der Waals surface area contributed by atoms with Crippen LogP contribution < -0.4 is 0 Å². The van der Waals surface area contributed by atoms with Crippen molar-refractivity contribution in [3.05, 3.63) is 0 Å². The van der Waals surface area contributed by atoms with Crippen LogP contribution in [-0.2, 0) is 14.4 Å². The number of hydrogen-bond donors (Lipinski definition) is 1. The molecule has 2 saturated carbocycles. The van der Waals surface area contributed by atoms with Crippen molar-refractivity contribution < 1.29 is 19.5 Å². The second-order valence-corrected chi connectivity index (χ2v) is 4.17. The van der Waals surface area contributed by atoms with E-state index >= 15 is 0 Å². The molecule has 0 aliphatic heterocycles. The Hall–Kier alpha value is -1.19. The Kier molecular flexibility index (Phi) is 2.13. The van der Waals surface area contributed by atoms with E-state index < -0.39 is 11.9 Å². The number of aliphatic carboxylic acids is 1. The lowest BCUT2D eigenvalue weighted by molar-refractivity contribution is -0.144. The van der Waals surface area contributed by atoms with Gasteiger partial charge in [0.2, 0.25) is 0 Å². The quantitative estimate of drug-likeness (QED) is 0.625. The van der Waals surface area contributed by atoms with Crippen LogP contribution in [0.2, 0.25) is 0 Å². The third-order valence-corrected chi connectivity index (χ3v) is 3.38. The summed E-state index contributed by atoms with van der Waals surface area (Å²) in [5.74, 6) is -1.76. The second-order valence-electron chi connectivity index (χ2n) is 4.17. The van der Waals surface area contributed by atoms with Crippen LogP contribution in [0.15, 0.2) is 0 Å². The lowest BCUT2D eigenvalue weighted by Crippen LogP contribution is -2.30. The van der Waals surface area contributed by atoms with Crippen molar-refractivity contribution in [2.75, 3.05) is 0 Å². The summed E-state index contributed by atoms with van der Waals surface area (Å²) in [4.78, 5) is 33.4. The topological polar surface area (TPSA) is 71.4 Å². The normalized spacial score (nSPS) is 37.0. The molecule has 4 nitrogen and oxygen atoms in total. The molecule has 76 valence electrons. The zero-order valence-corrected chi connectivity index (χ0v) is 7.73. The predicted molar refractivity (Wildman–Crippen MR) is 46.6 cm³/mol. The van der Waals surface area contributed by atoms with E-state index in [1.807, 2.05) is 0 Å². The fraction of sp³-hybridized carbons (Fsp3) is 0.700. The minimum atomic E-state index is -0.837. The zero-order chi connectivity index (χ0) is 10.3. The number of Topliss-reactive ketones (excluding diaryl/α,β-unsaturated/α-hetero) is 2. The molecule has 2 fully saturated rings. The molecule has 0 aromatic carbocycles. The molecule has 2 aliphatic rings. The van der Waals surface area contributed by atoms with Crippen LogP contribution in [0.5, 0.6) is 0 Å². The second kappa shape index (κ2) is 3.19. The smallest absolute Gasteiger partial charge is 0.306 e. The van der Waals surface area contributed by atoms with Crippen LogP contribution in [0.3, 0.4) is 0 Å². The van der Waals surface area contributed by atoms with Gasteiger partial charge >= 0.3 is 5.97 Å². The lowest BCUT2D eigenvalue weighted by Gasteiger charge is -2.27. The minimum absolute atomic E-state index is 0.0174. The Bertz CT molecular complexity index is 307. The fourth-order valence-corrected chi connectivity index (χ4v) is 2.57. The molecule has 0 radical (unpaired) electrons. The fourth-order valence-electron chi connectivity index (χ4n) is 2.57. The third kappa shape index (κ3) is 1.35. The molecule has 0 bridgehead atoms. The molecule has 0 saturated heterocycles. The first kappa shape index (κ1) is 9.37. The third-order valence-electron chi connectivity index (χ3n) is 3.38. The molecule has 2 rings (SSSR count). The number of fused-ring (bicyclic) bond motifs is 1. The molecule has 3 atom stereocenters. The summed E-state index contributed by atoms with van der Waals surface area (Å²) >= 11 is 0. The van der Waals surface area contributed by atoms with E-state index in [0.717, 1.165) is 0 Å². The monoisotopic (exact) mass is 196 g/mol. The SMILES string of the molecule is O=C(O)C1CCC2C(=O)CC(=O)C2C1. The van der Waals surface area contributed by atoms with Crippen molar-refractivity contribution in [2.24, 2.45) is 17.8 Å². The first-order chi connectivity index (χ1) is 6.59. The van der Waals surface area contributed by atoms with Crippen molar-refractivity contribution >= 4 is 17.5 Å². The molecular formula is C10H12O4. The van der Waals surface area contributed by atoms with Crippen LogP contribution in [0, 0.1) is 17.8 Å². The number of carbonyl (C=O) groups excluding carboxylic acids is 2. The molecule has 14 heavy (non-hydrogen) atoms. The van der Waals surface area contributed by atoms with Crippen molar-refractivity contribution in [1.82, 2.24) is 0 Å². The van der Waals surface area contributed by atoms with Gasteiger partial charge in [-0.3, -0.25) is 14.4 Å². The molecule has 0 aromatic rings. The Morgan fingerprint density at radius 1 is 1.14 bits per heavy atom. The molecular weight excluding hydrogens is 184 g/mol. The number of carboxylic acids is 1. The molecule has 1 N–H and O–H groups in total. The highest BCUT2D eigenvalue weighted by atomic mass is 16.4. The van der Waals surface area contributed by atoms with E-state index in [1.54, 1.807) is 0 Å². The standard InChI is InChI=1S/C10H12O4/c11-8-4-9(12)7-3-5(10(13)14)1-2-6(7)8/h5-7H,1-4H2,(H,13,14). The first-order valence-electron chi connectivity index (χ1n) is 4.88. The summed E-state index contributed by atoms with van der Waals surface area (Å²) in [5.41, 5.74) is 0. The Balaban J connectivity index is 2.13. The number of carboxylic acid groups (broad SMARTS) is 1. The average molecular weight is 196 g/mol. The van der Waals surface area contributed by atoms with Crippen molar-refractivity contribution in [1.29, 1.82) is 0 Å². The van der Waals surface area contributed by atoms with E-state index in [9.17, 15) is 14.4 Å². The van der Waals surface area contributed by atoms with Gasteiger partial charge in [0.25, 0.3) is 0 Å². The van der Waals surface area contributed by atoms with Crippen LogP contribution in [0.25, 0.3) is 0 Å². The predicted octanol–water partition coefficient (Wildman–Crippen LogP) is 0.645. The molecule has 0 heterocycles. The summed E-state index contributed by atoms with van der Waals surface area (Å²) in [6.07, 6.45) is 1.51. The van der Waals surface area contributed by atoms with Crippen LogP contribution in [-0.4, -0.2) is 22.6 Å². The maximum atomic E-state index is 11.4. The molecule has 0 aromatic heterocycles. The van der Waals surface area contributed by atoms with Gasteiger partial charge in [-0.25, -0.2) is 0 Å². The Labute approximate surface area is 81.3 Å². The number of hydrogen-bond acceptors (Lipinski definition) is 3. The van der Waals surface area contributed by atoms with Crippen molar-refractivity contribution in [2.45, 2.75) is 25.7 Å². The van der Waals surface area contributed by atoms with Gasteiger partial charge in [-0.2, -0.15) is 0 Å². The number of rotatable bonds is 1. The summed E-state index contributed by atoms with van der Waals surface area (Å²) < 4.78 is 0. The summed E-state index contributed by atoms with van der Waals surface area (Å²) in [6.45, 7) is 0. The number of ketones is 2. The van der Waals surface area contributed by atoms with Crippen LogP contribution in [0.1, 0.15) is 25.7 Å². The maximum Gasteiger partial charge on any atom is 0.306 e. The van der Waals surface area contributed by atoms with E-state index in [4.69, 9.17) is 5.11 Å². The van der Waals surface area contributed by atoms with Gasteiger partial charge < -0.3 is 5.11 Å². The molecule has 0 amide bonds. The van der Waals surface area contributed by atoms with Gasteiger partial charge in [0.1, 0.15) is 11.6 Å². The van der Waals surface area contributed by atoms with Crippen molar-refractivity contribution in [3.63, 3.8) is 0 Å². The molecule has 0 spiro atoms. The van der Waals surface area contributed by atoms with E-state index in [0.29, 0.717) is 19.3 Å². The van der Waals surface area contributed by atoms with Crippen LogP contribution >= 0.6 is 0 Å². The molecule has 2 aliphatic carbocycles. The summed E-state index contributed by atoms with van der Waals surface area (Å²) in [5, 5.41) is 8.81. The highest BCUT2D eigenvalue weighted by Gasteiger charge is 2.46. The first-order valence-corrected chi connectivity index (χ1v) is 4.88. The minimum Gasteiger partial charge on any atom is -0.481 e. The molecule has 3 unspecified atom stereocenters.